The number of nitrogens with zero attached hydrogens (tertiary/aromatic N) is 2. The Morgan fingerprint density at radius 3 is 2.76 bits per heavy atom. The Hall–Kier alpha value is -1.94. The summed E-state index contributed by atoms with van der Waals surface area (Å²) in [6.45, 7) is 2.01. The standard InChI is InChI=1S/C13H15N3O/c1-9(17-2)10-4-3-5-11(6-10)12-7-13(14)16-8-15-12/h3-9H,1-2H3,(H2,14,15,16). The van der Waals surface area contributed by atoms with Crippen molar-refractivity contribution in [2.45, 2.75) is 13.0 Å². The number of aromatic nitrogens is 2. The monoisotopic (exact) mass is 229 g/mol. The smallest absolute Gasteiger partial charge is 0.127 e. The van der Waals surface area contributed by atoms with Crippen LogP contribution in [0.5, 0.6) is 0 Å². The minimum atomic E-state index is 0.0640. The van der Waals surface area contributed by atoms with Gasteiger partial charge in [0, 0.05) is 18.7 Å². The summed E-state index contributed by atoms with van der Waals surface area (Å²) in [5, 5.41) is 0. The number of nitrogen functional groups attached to an aromatic ring is 1. The van der Waals surface area contributed by atoms with E-state index in [0.717, 1.165) is 16.8 Å². The Kier molecular flexibility index (Phi) is 3.35. The highest BCUT2D eigenvalue weighted by Crippen LogP contribution is 2.23. The summed E-state index contributed by atoms with van der Waals surface area (Å²) < 4.78 is 5.29. The van der Waals surface area contributed by atoms with Crippen LogP contribution in [0.4, 0.5) is 5.82 Å². The van der Waals surface area contributed by atoms with Gasteiger partial charge in [-0.1, -0.05) is 18.2 Å². The molecule has 0 amide bonds. The van der Waals surface area contributed by atoms with E-state index >= 15 is 0 Å². The normalized spacial score (nSPS) is 12.4. The fourth-order valence-electron chi connectivity index (χ4n) is 1.62. The van der Waals surface area contributed by atoms with Crippen molar-refractivity contribution in [3.63, 3.8) is 0 Å². The molecule has 88 valence electrons. The summed E-state index contributed by atoms with van der Waals surface area (Å²) >= 11 is 0. The Bertz CT molecular complexity index is 514. The first-order chi connectivity index (χ1) is 8.20. The van der Waals surface area contributed by atoms with Gasteiger partial charge in [0.2, 0.25) is 0 Å². The molecule has 0 radical (unpaired) electrons. The molecule has 2 aromatic rings. The molecule has 1 aromatic heterocycles. The van der Waals surface area contributed by atoms with E-state index in [1.165, 1.54) is 6.33 Å². The maximum atomic E-state index is 5.64. The molecule has 0 aliphatic rings. The summed E-state index contributed by atoms with van der Waals surface area (Å²) in [5.74, 6) is 0.472. The Morgan fingerprint density at radius 2 is 2.06 bits per heavy atom. The SMILES string of the molecule is COC(C)c1cccc(-c2cc(N)ncn2)c1. The lowest BCUT2D eigenvalue weighted by atomic mass is 10.0. The molecule has 0 saturated carbocycles. The lowest BCUT2D eigenvalue weighted by Crippen LogP contribution is -1.97. The van der Waals surface area contributed by atoms with E-state index in [1.54, 1.807) is 13.2 Å². The van der Waals surface area contributed by atoms with E-state index in [-0.39, 0.29) is 6.10 Å². The van der Waals surface area contributed by atoms with Crippen LogP contribution < -0.4 is 5.73 Å². The van der Waals surface area contributed by atoms with E-state index in [2.05, 4.69) is 16.0 Å². The van der Waals surface area contributed by atoms with Gasteiger partial charge in [0.05, 0.1) is 11.8 Å². The molecule has 17 heavy (non-hydrogen) atoms. The van der Waals surface area contributed by atoms with Crippen LogP contribution in [0, 0.1) is 0 Å². The molecular formula is C13H15N3O. The Labute approximate surface area is 100 Å². The number of nitrogens with two attached hydrogens (primary N) is 1. The van der Waals surface area contributed by atoms with Gasteiger partial charge >= 0.3 is 0 Å². The van der Waals surface area contributed by atoms with Gasteiger partial charge in [-0.3, -0.25) is 0 Å². The highest BCUT2D eigenvalue weighted by Gasteiger charge is 2.06. The van der Waals surface area contributed by atoms with Crippen molar-refractivity contribution in [2.24, 2.45) is 0 Å². The van der Waals surface area contributed by atoms with Crippen molar-refractivity contribution in [3.8, 4) is 11.3 Å². The second-order valence-corrected chi connectivity index (χ2v) is 3.83. The summed E-state index contributed by atoms with van der Waals surface area (Å²) in [5.41, 5.74) is 8.59. The first-order valence-electron chi connectivity index (χ1n) is 5.41. The van der Waals surface area contributed by atoms with E-state index in [0.29, 0.717) is 5.82 Å². The summed E-state index contributed by atoms with van der Waals surface area (Å²) in [6.07, 6.45) is 1.53. The van der Waals surface area contributed by atoms with E-state index in [4.69, 9.17) is 10.5 Å². The van der Waals surface area contributed by atoms with Crippen molar-refractivity contribution >= 4 is 5.82 Å². The van der Waals surface area contributed by atoms with Crippen LogP contribution in [0.25, 0.3) is 11.3 Å². The number of anilines is 1. The van der Waals surface area contributed by atoms with Crippen LogP contribution >= 0.6 is 0 Å². The molecule has 0 aliphatic heterocycles. The Morgan fingerprint density at radius 1 is 1.24 bits per heavy atom. The van der Waals surface area contributed by atoms with E-state index in [9.17, 15) is 0 Å². The van der Waals surface area contributed by atoms with Gasteiger partial charge in [0.15, 0.2) is 0 Å². The van der Waals surface area contributed by atoms with Crippen molar-refractivity contribution in [2.75, 3.05) is 12.8 Å². The molecule has 0 fully saturated rings. The minimum absolute atomic E-state index is 0.0640. The molecular weight excluding hydrogens is 214 g/mol. The fourth-order valence-corrected chi connectivity index (χ4v) is 1.62. The number of rotatable bonds is 3. The zero-order chi connectivity index (χ0) is 12.3. The fraction of sp³-hybridized carbons (Fsp3) is 0.231. The lowest BCUT2D eigenvalue weighted by Gasteiger charge is -2.11. The summed E-state index contributed by atoms with van der Waals surface area (Å²) in [6, 6.07) is 9.82. The van der Waals surface area contributed by atoms with Crippen LogP contribution in [0.2, 0.25) is 0 Å². The minimum Gasteiger partial charge on any atom is -0.384 e. The second-order valence-electron chi connectivity index (χ2n) is 3.83. The number of hydrogen-bond donors (Lipinski definition) is 1. The van der Waals surface area contributed by atoms with Gasteiger partial charge in [-0.25, -0.2) is 9.97 Å². The highest BCUT2D eigenvalue weighted by molar-refractivity contribution is 5.62. The van der Waals surface area contributed by atoms with Crippen LogP contribution in [0.15, 0.2) is 36.7 Å². The third-order valence-electron chi connectivity index (χ3n) is 2.69. The van der Waals surface area contributed by atoms with Crippen molar-refractivity contribution in [1.29, 1.82) is 0 Å². The number of hydrogen-bond acceptors (Lipinski definition) is 4. The third kappa shape index (κ3) is 2.60. The maximum absolute atomic E-state index is 5.64. The van der Waals surface area contributed by atoms with Gasteiger partial charge in [0.25, 0.3) is 0 Å². The van der Waals surface area contributed by atoms with Crippen molar-refractivity contribution in [1.82, 2.24) is 9.97 Å². The summed E-state index contributed by atoms with van der Waals surface area (Å²) in [4.78, 5) is 8.09. The Balaban J connectivity index is 2.39. The van der Waals surface area contributed by atoms with Gasteiger partial charge in [-0.05, 0) is 18.6 Å². The van der Waals surface area contributed by atoms with Crippen LogP contribution in [-0.2, 0) is 4.74 Å². The molecule has 0 bridgehead atoms. The van der Waals surface area contributed by atoms with Crippen molar-refractivity contribution < 1.29 is 4.74 Å². The summed E-state index contributed by atoms with van der Waals surface area (Å²) in [7, 11) is 1.69. The highest BCUT2D eigenvalue weighted by atomic mass is 16.5. The molecule has 2 rings (SSSR count). The van der Waals surface area contributed by atoms with Crippen molar-refractivity contribution in [3.05, 3.63) is 42.2 Å². The molecule has 0 spiro atoms. The van der Waals surface area contributed by atoms with E-state index < -0.39 is 0 Å². The third-order valence-corrected chi connectivity index (χ3v) is 2.69. The quantitative estimate of drug-likeness (QED) is 0.878. The maximum Gasteiger partial charge on any atom is 0.127 e. The molecule has 4 heteroatoms. The zero-order valence-corrected chi connectivity index (χ0v) is 9.92. The average molecular weight is 229 g/mol. The number of methoxy groups -OCH3 is 1. The predicted octanol–water partition coefficient (Wildman–Crippen LogP) is 2.43. The first-order valence-corrected chi connectivity index (χ1v) is 5.41. The van der Waals surface area contributed by atoms with Crippen LogP contribution in [0.3, 0.4) is 0 Å². The zero-order valence-electron chi connectivity index (χ0n) is 9.92. The molecule has 4 nitrogen and oxygen atoms in total. The topological polar surface area (TPSA) is 61.0 Å². The van der Waals surface area contributed by atoms with Crippen LogP contribution in [0.1, 0.15) is 18.6 Å². The largest absolute Gasteiger partial charge is 0.384 e. The van der Waals surface area contributed by atoms with Gasteiger partial charge in [-0.2, -0.15) is 0 Å². The number of benzene rings is 1. The van der Waals surface area contributed by atoms with Crippen LogP contribution in [-0.4, -0.2) is 17.1 Å². The molecule has 1 atom stereocenters. The first kappa shape index (κ1) is 11.5. The van der Waals surface area contributed by atoms with Gasteiger partial charge in [-0.15, -0.1) is 0 Å². The second kappa shape index (κ2) is 4.93. The predicted molar refractivity (Wildman–Crippen MR) is 67.3 cm³/mol. The molecule has 0 aliphatic carbocycles. The molecule has 0 saturated heterocycles. The van der Waals surface area contributed by atoms with E-state index in [1.807, 2.05) is 25.1 Å². The van der Waals surface area contributed by atoms with Gasteiger partial charge < -0.3 is 10.5 Å². The molecule has 1 unspecified atom stereocenters. The molecule has 1 heterocycles. The molecule has 1 aromatic carbocycles. The number of ether oxygens (including phenoxy) is 1. The van der Waals surface area contributed by atoms with Gasteiger partial charge in [0.1, 0.15) is 12.1 Å². The average Bonchev–Trinajstić information content (AvgIpc) is 2.38. The molecule has 2 N–H and O–H groups in total. The lowest BCUT2D eigenvalue weighted by molar-refractivity contribution is 0.119.